The molecule has 0 spiro atoms. The summed E-state index contributed by atoms with van der Waals surface area (Å²) in [6, 6.07) is -0.187. The number of halogens is 3. The van der Waals surface area contributed by atoms with Crippen LogP contribution in [0.25, 0.3) is 0 Å². The second kappa shape index (κ2) is 5.86. The van der Waals surface area contributed by atoms with E-state index in [1.165, 1.54) is 0 Å². The molecule has 0 saturated heterocycles. The van der Waals surface area contributed by atoms with Crippen LogP contribution in [0.2, 0.25) is 0 Å². The van der Waals surface area contributed by atoms with Crippen LogP contribution in [0.1, 0.15) is 5.82 Å². The van der Waals surface area contributed by atoms with E-state index in [0.29, 0.717) is 6.42 Å². The quantitative estimate of drug-likeness (QED) is 0.779. The molecular weight excluding hydrogens is 223 g/mol. The minimum absolute atomic E-state index is 0.00326. The monoisotopic (exact) mass is 237 g/mol. The Labute approximate surface area is 91.2 Å². The molecule has 1 aromatic heterocycles. The van der Waals surface area contributed by atoms with Crippen molar-refractivity contribution < 1.29 is 17.9 Å². The average molecular weight is 237 g/mol. The number of likely N-dealkylation sites (N-methyl/N-ethyl adjacent to an activating group) is 1. The number of nitrogens with one attached hydrogen (secondary N) is 2. The Morgan fingerprint density at radius 2 is 2.31 bits per heavy atom. The summed E-state index contributed by atoms with van der Waals surface area (Å²) in [5.74, 6) is 0.718. The highest BCUT2D eigenvalue weighted by atomic mass is 19.4. The van der Waals surface area contributed by atoms with Crippen molar-refractivity contribution in [2.24, 2.45) is 0 Å². The van der Waals surface area contributed by atoms with Gasteiger partial charge in [-0.2, -0.15) is 13.2 Å². The molecule has 2 N–H and O–H groups in total. The Morgan fingerprint density at radius 3 is 2.81 bits per heavy atom. The molecular formula is C9H14F3N3O. The molecule has 0 bridgehead atoms. The summed E-state index contributed by atoms with van der Waals surface area (Å²) in [6.45, 7) is -1.22. The molecule has 0 aliphatic heterocycles. The molecule has 0 aromatic carbocycles. The van der Waals surface area contributed by atoms with Crippen molar-refractivity contribution in [3.8, 4) is 0 Å². The summed E-state index contributed by atoms with van der Waals surface area (Å²) in [6.07, 6.45) is -0.512. The third kappa shape index (κ3) is 5.13. The van der Waals surface area contributed by atoms with Crippen LogP contribution in [0.5, 0.6) is 0 Å². The molecule has 0 amide bonds. The minimum atomic E-state index is -4.27. The third-order valence-corrected chi connectivity index (χ3v) is 1.99. The summed E-state index contributed by atoms with van der Waals surface area (Å²) in [5, 5.41) is 2.87. The predicted octanol–water partition coefficient (Wildman–Crippen LogP) is 1.12. The van der Waals surface area contributed by atoms with Gasteiger partial charge in [0.2, 0.25) is 0 Å². The first kappa shape index (κ1) is 13.0. The molecule has 0 saturated carbocycles. The van der Waals surface area contributed by atoms with Crippen LogP contribution < -0.4 is 5.32 Å². The van der Waals surface area contributed by atoms with E-state index in [2.05, 4.69) is 20.0 Å². The topological polar surface area (TPSA) is 49.9 Å². The molecule has 16 heavy (non-hydrogen) atoms. The fraction of sp³-hybridized carbons (Fsp3) is 0.667. The number of aromatic nitrogens is 2. The van der Waals surface area contributed by atoms with Crippen LogP contribution in [0.3, 0.4) is 0 Å². The zero-order valence-electron chi connectivity index (χ0n) is 8.84. The number of nitrogens with zero attached hydrogens (tertiary/aromatic N) is 1. The van der Waals surface area contributed by atoms with Gasteiger partial charge in [-0.1, -0.05) is 0 Å². The fourth-order valence-electron chi connectivity index (χ4n) is 1.20. The summed E-state index contributed by atoms with van der Waals surface area (Å²) in [5.41, 5.74) is 0. The van der Waals surface area contributed by atoms with Crippen molar-refractivity contribution in [1.29, 1.82) is 0 Å². The summed E-state index contributed by atoms with van der Waals surface area (Å²) < 4.78 is 40.0. The highest BCUT2D eigenvalue weighted by Gasteiger charge is 2.27. The van der Waals surface area contributed by atoms with Gasteiger partial charge in [-0.25, -0.2) is 4.98 Å². The average Bonchev–Trinajstić information content (AvgIpc) is 2.67. The molecule has 0 radical (unpaired) electrons. The molecule has 1 heterocycles. The number of hydrogen-bond acceptors (Lipinski definition) is 3. The van der Waals surface area contributed by atoms with Crippen molar-refractivity contribution >= 4 is 0 Å². The van der Waals surface area contributed by atoms with Gasteiger partial charge in [0, 0.05) is 24.9 Å². The number of rotatable bonds is 6. The van der Waals surface area contributed by atoms with E-state index in [1.54, 1.807) is 19.4 Å². The largest absolute Gasteiger partial charge is 0.411 e. The molecule has 92 valence electrons. The van der Waals surface area contributed by atoms with Gasteiger partial charge < -0.3 is 15.0 Å². The van der Waals surface area contributed by atoms with E-state index in [1.807, 2.05) is 0 Å². The third-order valence-electron chi connectivity index (χ3n) is 1.99. The number of imidazole rings is 1. The van der Waals surface area contributed by atoms with Crippen molar-refractivity contribution in [1.82, 2.24) is 15.3 Å². The summed E-state index contributed by atoms with van der Waals surface area (Å²) in [4.78, 5) is 6.87. The first-order valence-electron chi connectivity index (χ1n) is 4.81. The maximum Gasteiger partial charge on any atom is 0.411 e. The van der Waals surface area contributed by atoms with Crippen molar-refractivity contribution in [2.75, 3.05) is 20.3 Å². The molecule has 1 aromatic rings. The lowest BCUT2D eigenvalue weighted by Gasteiger charge is -2.15. The standard InChI is InChI=1S/C9H14F3N3O/c1-13-7(4-8-14-2-3-15-8)5-16-6-9(10,11)12/h2-3,7,13H,4-6H2,1H3,(H,14,15). The van der Waals surface area contributed by atoms with E-state index in [-0.39, 0.29) is 12.6 Å². The Morgan fingerprint density at radius 1 is 1.56 bits per heavy atom. The molecule has 7 heteroatoms. The lowest BCUT2D eigenvalue weighted by Crippen LogP contribution is -2.34. The smallest absolute Gasteiger partial charge is 0.370 e. The van der Waals surface area contributed by atoms with E-state index in [9.17, 15) is 13.2 Å². The van der Waals surface area contributed by atoms with Crippen LogP contribution in [-0.2, 0) is 11.2 Å². The second-order valence-corrected chi connectivity index (χ2v) is 3.36. The maximum atomic E-state index is 11.8. The van der Waals surface area contributed by atoms with Gasteiger partial charge in [0.15, 0.2) is 0 Å². The number of hydrogen-bond donors (Lipinski definition) is 2. The van der Waals surface area contributed by atoms with Crippen LogP contribution in [0, 0.1) is 0 Å². The van der Waals surface area contributed by atoms with Crippen molar-refractivity contribution in [2.45, 2.75) is 18.6 Å². The molecule has 0 fully saturated rings. The van der Waals surface area contributed by atoms with Crippen molar-refractivity contribution in [3.05, 3.63) is 18.2 Å². The maximum absolute atomic E-state index is 11.8. The second-order valence-electron chi connectivity index (χ2n) is 3.36. The van der Waals surface area contributed by atoms with Crippen LogP contribution in [-0.4, -0.2) is 42.4 Å². The van der Waals surface area contributed by atoms with E-state index in [4.69, 9.17) is 0 Å². The normalized spacial score (nSPS) is 14.0. The molecule has 0 aliphatic carbocycles. The van der Waals surface area contributed by atoms with E-state index >= 15 is 0 Å². The Kier molecular flexibility index (Phi) is 4.75. The minimum Gasteiger partial charge on any atom is -0.370 e. The number of alkyl halides is 3. The molecule has 4 nitrogen and oxygen atoms in total. The first-order valence-corrected chi connectivity index (χ1v) is 4.81. The fourth-order valence-corrected chi connectivity index (χ4v) is 1.20. The number of ether oxygens (including phenoxy) is 1. The first-order chi connectivity index (χ1) is 7.51. The predicted molar refractivity (Wildman–Crippen MR) is 52.0 cm³/mol. The molecule has 1 atom stereocenters. The molecule has 0 aliphatic rings. The SMILES string of the molecule is CNC(COCC(F)(F)F)Cc1ncc[nH]1. The lowest BCUT2D eigenvalue weighted by molar-refractivity contribution is -0.175. The van der Waals surface area contributed by atoms with Crippen LogP contribution in [0.4, 0.5) is 13.2 Å². The van der Waals surface area contributed by atoms with Crippen LogP contribution in [0.15, 0.2) is 12.4 Å². The zero-order chi connectivity index (χ0) is 12.0. The van der Waals surface area contributed by atoms with Crippen LogP contribution >= 0.6 is 0 Å². The van der Waals surface area contributed by atoms with E-state index in [0.717, 1.165) is 5.82 Å². The zero-order valence-corrected chi connectivity index (χ0v) is 8.84. The van der Waals surface area contributed by atoms with Gasteiger partial charge in [-0.3, -0.25) is 0 Å². The number of H-pyrrole nitrogens is 1. The van der Waals surface area contributed by atoms with Gasteiger partial charge >= 0.3 is 6.18 Å². The van der Waals surface area contributed by atoms with Crippen molar-refractivity contribution in [3.63, 3.8) is 0 Å². The summed E-state index contributed by atoms with van der Waals surface area (Å²) >= 11 is 0. The highest BCUT2D eigenvalue weighted by Crippen LogP contribution is 2.14. The van der Waals surface area contributed by atoms with Gasteiger partial charge in [0.05, 0.1) is 6.61 Å². The molecule has 1 rings (SSSR count). The lowest BCUT2D eigenvalue weighted by atomic mass is 10.2. The Hall–Kier alpha value is -1.08. The van der Waals surface area contributed by atoms with Gasteiger partial charge in [-0.05, 0) is 7.05 Å². The Balaban J connectivity index is 2.27. The van der Waals surface area contributed by atoms with Gasteiger partial charge in [-0.15, -0.1) is 0 Å². The number of aromatic amines is 1. The van der Waals surface area contributed by atoms with Gasteiger partial charge in [0.1, 0.15) is 12.4 Å². The van der Waals surface area contributed by atoms with Gasteiger partial charge in [0.25, 0.3) is 0 Å². The Bertz CT molecular complexity index is 287. The highest BCUT2D eigenvalue weighted by molar-refractivity contribution is 4.90. The van der Waals surface area contributed by atoms with E-state index < -0.39 is 12.8 Å². The summed E-state index contributed by atoms with van der Waals surface area (Å²) in [7, 11) is 1.67. The molecule has 1 unspecified atom stereocenters.